The van der Waals surface area contributed by atoms with Gasteiger partial charge in [0.2, 0.25) is 11.9 Å². The Morgan fingerprint density at radius 1 is 1.10 bits per heavy atom. The molecule has 5 atom stereocenters. The van der Waals surface area contributed by atoms with Gasteiger partial charge in [-0.1, -0.05) is 69.2 Å². The molecule has 2 unspecified atom stereocenters. The number of aromatic nitrogens is 4. The maximum Gasteiger partial charge on any atom is 0.335 e. The molecule has 12 nitrogen and oxygen atoms in total. The molecule has 2 aliphatic rings. The van der Waals surface area contributed by atoms with Crippen LogP contribution in [0, 0.1) is 5.92 Å². The number of carbonyl (C=O) groups is 1. The first-order valence-electron chi connectivity index (χ1n) is 14.8. The van der Waals surface area contributed by atoms with Gasteiger partial charge in [0.15, 0.2) is 17.4 Å². The number of rotatable bonds is 8. The lowest BCUT2D eigenvalue weighted by atomic mass is 10.1. The molecule has 0 aliphatic carbocycles. The van der Waals surface area contributed by atoms with Crippen molar-refractivity contribution in [3.05, 3.63) is 16.7 Å². The Morgan fingerprint density at radius 3 is 2.27 bits per heavy atom. The third-order valence-corrected chi connectivity index (χ3v) is 18.9. The average molecular weight is 610 g/mol. The molecule has 14 heteroatoms. The van der Waals surface area contributed by atoms with Gasteiger partial charge in [0, 0.05) is 5.92 Å². The van der Waals surface area contributed by atoms with Crippen LogP contribution in [0.25, 0.3) is 11.2 Å². The van der Waals surface area contributed by atoms with E-state index in [2.05, 4.69) is 75.7 Å². The third-order valence-electron chi connectivity index (χ3n) is 8.65. The highest BCUT2D eigenvalue weighted by Crippen LogP contribution is 2.48. The summed E-state index contributed by atoms with van der Waals surface area (Å²) in [6.07, 6.45) is -1.27. The fraction of sp³-hybridized carbons (Fsp3) is 0.778. The van der Waals surface area contributed by atoms with Gasteiger partial charge in [0.1, 0.15) is 18.3 Å². The molecule has 4 rings (SSSR count). The van der Waals surface area contributed by atoms with E-state index >= 15 is 0 Å². The van der Waals surface area contributed by atoms with E-state index in [0.717, 1.165) is 0 Å². The number of H-pyrrole nitrogens is 1. The Labute approximate surface area is 244 Å². The van der Waals surface area contributed by atoms with E-state index in [1.165, 1.54) is 10.9 Å². The van der Waals surface area contributed by atoms with Crippen molar-refractivity contribution in [3.8, 4) is 0 Å². The summed E-state index contributed by atoms with van der Waals surface area (Å²) in [7, 11) is -5.75. The van der Waals surface area contributed by atoms with Gasteiger partial charge in [-0.3, -0.25) is 24.5 Å². The zero-order valence-corrected chi connectivity index (χ0v) is 27.9. The van der Waals surface area contributed by atoms with E-state index in [0.29, 0.717) is 6.42 Å². The topological polar surface area (TPSA) is 150 Å². The van der Waals surface area contributed by atoms with Crippen molar-refractivity contribution in [2.24, 2.45) is 5.92 Å². The number of aromatic amines is 1. The van der Waals surface area contributed by atoms with E-state index in [9.17, 15) is 14.7 Å². The van der Waals surface area contributed by atoms with Gasteiger partial charge < -0.3 is 22.8 Å². The average Bonchev–Trinajstić information content (AvgIpc) is 3.43. The van der Waals surface area contributed by atoms with Gasteiger partial charge in [-0.05, 0) is 28.6 Å². The minimum absolute atomic E-state index is 0.0109. The first-order chi connectivity index (χ1) is 19.2. The van der Waals surface area contributed by atoms with Crippen LogP contribution in [0.15, 0.2) is 11.1 Å². The lowest BCUT2D eigenvalue weighted by molar-refractivity contribution is -0.119. The van der Waals surface area contributed by atoms with E-state index in [1.54, 1.807) is 6.92 Å². The van der Waals surface area contributed by atoms with E-state index in [1.807, 2.05) is 6.92 Å². The Balaban J connectivity index is 1.75. The van der Waals surface area contributed by atoms with Crippen molar-refractivity contribution in [3.63, 3.8) is 0 Å². The molecule has 2 aliphatic heterocycles. The Kier molecular flexibility index (Phi) is 9.34. The minimum atomic E-state index is -2.97. The number of anilines is 1. The summed E-state index contributed by atoms with van der Waals surface area (Å²) in [4.78, 5) is 36.6. The second-order valence-corrected chi connectivity index (χ2v) is 21.5. The third kappa shape index (κ3) is 5.59. The van der Waals surface area contributed by atoms with Crippen LogP contribution < -0.4 is 10.9 Å². The van der Waals surface area contributed by atoms with Crippen molar-refractivity contribution < 1.29 is 27.6 Å². The maximum absolute atomic E-state index is 12.8. The van der Waals surface area contributed by atoms with Crippen LogP contribution in [0.5, 0.6) is 0 Å². The number of aliphatic hydroxyl groups excluding tert-OH is 1. The summed E-state index contributed by atoms with van der Waals surface area (Å²) in [5.74, 6) is -0.499. The summed E-state index contributed by atoms with van der Waals surface area (Å²) in [5, 5.41) is 14.4. The van der Waals surface area contributed by atoms with Gasteiger partial charge >= 0.3 is 17.1 Å². The molecule has 230 valence electrons. The van der Waals surface area contributed by atoms with E-state index in [4.69, 9.17) is 17.7 Å². The van der Waals surface area contributed by atoms with Crippen LogP contribution in [0.1, 0.15) is 81.9 Å². The number of aliphatic hydroxyl groups is 1. The molecular formula is C27H47N5O7Si2. The fourth-order valence-corrected chi connectivity index (χ4v) is 17.2. The highest BCUT2D eigenvalue weighted by atomic mass is 28.5. The van der Waals surface area contributed by atoms with Gasteiger partial charge in [0.25, 0.3) is 5.56 Å². The van der Waals surface area contributed by atoms with Crippen molar-refractivity contribution in [1.29, 1.82) is 0 Å². The molecule has 2 aromatic heterocycles. The molecule has 3 N–H and O–H groups in total. The number of carbonyl (C=O) groups excluding carboxylic acids is 1. The van der Waals surface area contributed by atoms with Crippen LogP contribution in [-0.2, 0) is 22.5 Å². The van der Waals surface area contributed by atoms with Gasteiger partial charge in [-0.15, -0.1) is 0 Å². The molecular weight excluding hydrogens is 562 g/mol. The van der Waals surface area contributed by atoms with Crippen molar-refractivity contribution >= 4 is 40.1 Å². The van der Waals surface area contributed by atoms with Gasteiger partial charge in [-0.2, -0.15) is 4.98 Å². The maximum atomic E-state index is 12.8. The van der Waals surface area contributed by atoms with Crippen molar-refractivity contribution in [2.75, 3.05) is 11.9 Å². The molecule has 1 amide bonds. The second-order valence-electron chi connectivity index (χ2n) is 12.6. The SMILES string of the molecule is CCC(C)C(=O)Nc1nc2c(ncn2[C@@H]2OC3CO[Si](C(C)C)(C(C)C)O[Si](C(C)C)(C(C)C)O[C@H]3[C@@H]2O)c(=O)[nH]1. The van der Waals surface area contributed by atoms with Crippen LogP contribution in [0.3, 0.4) is 0 Å². The largest absolute Gasteiger partial charge is 0.414 e. The number of hydrogen-bond acceptors (Lipinski definition) is 9. The van der Waals surface area contributed by atoms with Crippen molar-refractivity contribution in [1.82, 2.24) is 19.5 Å². The lowest BCUT2D eigenvalue weighted by Gasteiger charge is -2.51. The lowest BCUT2D eigenvalue weighted by Crippen LogP contribution is -2.65. The number of imidazole rings is 1. The molecule has 4 heterocycles. The summed E-state index contributed by atoms with van der Waals surface area (Å²) < 4.78 is 29.0. The minimum Gasteiger partial charge on any atom is -0.414 e. The number of nitrogens with zero attached hydrogens (tertiary/aromatic N) is 3. The molecule has 0 radical (unpaired) electrons. The highest BCUT2D eigenvalue weighted by Gasteiger charge is 2.61. The summed E-state index contributed by atoms with van der Waals surface area (Å²) in [5.41, 5.74) is 0.283. The summed E-state index contributed by atoms with van der Waals surface area (Å²) in [6.45, 7) is 21.0. The van der Waals surface area contributed by atoms with Crippen molar-refractivity contribution in [2.45, 2.75) is 122 Å². The number of hydrogen-bond donors (Lipinski definition) is 3. The Bertz CT molecular complexity index is 1280. The second kappa shape index (κ2) is 12.0. The number of fused-ring (bicyclic) bond motifs is 2. The normalized spacial score (nSPS) is 26.9. The summed E-state index contributed by atoms with van der Waals surface area (Å²) >= 11 is 0. The smallest absolute Gasteiger partial charge is 0.335 e. The molecule has 2 fully saturated rings. The molecule has 0 saturated carbocycles. The quantitative estimate of drug-likeness (QED) is 0.372. The predicted octanol–water partition coefficient (Wildman–Crippen LogP) is 4.32. The summed E-state index contributed by atoms with van der Waals surface area (Å²) in [6, 6.07) is 0. The zero-order valence-electron chi connectivity index (χ0n) is 25.9. The standard InChI is InChI=1S/C27H47N5O7Si2/c1-11-18(10)24(34)30-27-29-23-20(25(35)31-27)28-13-32(23)26-21(33)22-19(37-26)12-36-40(14(2)3,15(4)5)39-41(38-22,16(6)7)17(8)9/h13-19,21-22,26,33H,11-12H2,1-10H3,(H2,29,30,31,34,35)/t18?,19?,21-,22+,26+/m0/s1. The van der Waals surface area contributed by atoms with Gasteiger partial charge in [-0.25, -0.2) is 4.98 Å². The Hall–Kier alpha value is -1.95. The van der Waals surface area contributed by atoms with E-state index in [-0.39, 0.29) is 57.7 Å². The molecule has 0 bridgehead atoms. The fourth-order valence-electron chi connectivity index (χ4n) is 5.96. The van der Waals surface area contributed by atoms with Crippen LogP contribution in [-0.4, -0.2) is 72.6 Å². The van der Waals surface area contributed by atoms with Crippen LogP contribution in [0.2, 0.25) is 22.2 Å². The zero-order chi connectivity index (χ0) is 30.4. The number of nitrogens with one attached hydrogen (secondary N) is 2. The highest BCUT2D eigenvalue weighted by molar-refractivity contribution is 6.84. The van der Waals surface area contributed by atoms with Gasteiger partial charge in [0.05, 0.1) is 12.9 Å². The Morgan fingerprint density at radius 2 is 1.71 bits per heavy atom. The molecule has 2 aromatic rings. The first-order valence-corrected chi connectivity index (χ1v) is 18.8. The monoisotopic (exact) mass is 609 g/mol. The first kappa shape index (κ1) is 32.0. The molecule has 0 aromatic carbocycles. The number of amides is 1. The number of ether oxygens (including phenoxy) is 1. The molecule has 41 heavy (non-hydrogen) atoms. The molecule has 2 saturated heterocycles. The predicted molar refractivity (Wildman–Crippen MR) is 160 cm³/mol. The van der Waals surface area contributed by atoms with Crippen LogP contribution in [0.4, 0.5) is 5.95 Å². The molecule has 0 spiro atoms. The van der Waals surface area contributed by atoms with Crippen LogP contribution >= 0.6 is 0 Å². The van der Waals surface area contributed by atoms with E-state index < -0.39 is 47.2 Å².